The van der Waals surface area contributed by atoms with Crippen molar-refractivity contribution >= 4 is 33.5 Å². The number of hydrogen-bond donors (Lipinski definition) is 0. The average Bonchev–Trinajstić information content (AvgIpc) is 2.68. The van der Waals surface area contributed by atoms with Gasteiger partial charge >= 0.3 is 5.97 Å². The molecule has 6 heteroatoms. The second-order valence-electron chi connectivity index (χ2n) is 3.94. The molecule has 1 atom stereocenters. The fraction of sp³-hybridized carbons (Fsp3) is 0.333. The van der Waals surface area contributed by atoms with Crippen LogP contribution in [0.15, 0.2) is 18.2 Å². The minimum atomic E-state index is -0.753. The Morgan fingerprint density at radius 3 is 2.83 bits per heavy atom. The number of benzene rings is 1. The molecule has 1 saturated heterocycles. The Morgan fingerprint density at radius 1 is 1.56 bits per heavy atom. The minimum absolute atomic E-state index is 0.00572. The molecule has 0 radical (unpaired) electrons. The monoisotopic (exact) mass is 315 g/mol. The van der Waals surface area contributed by atoms with E-state index in [1.165, 1.54) is 30.2 Å². The smallest absolute Gasteiger partial charge is 0.340 e. The molecule has 1 aromatic rings. The number of carbonyl (C=O) groups is 2. The van der Waals surface area contributed by atoms with Gasteiger partial charge in [0.05, 0.1) is 18.4 Å². The number of nitrogens with zero attached hydrogens (tertiary/aromatic N) is 1. The van der Waals surface area contributed by atoms with E-state index in [1.807, 2.05) is 0 Å². The van der Waals surface area contributed by atoms with Crippen molar-refractivity contribution < 1.29 is 18.7 Å². The summed E-state index contributed by atoms with van der Waals surface area (Å²) in [5.74, 6) is -1.64. The topological polar surface area (TPSA) is 46.6 Å². The van der Waals surface area contributed by atoms with Crippen LogP contribution in [0.3, 0.4) is 0 Å². The van der Waals surface area contributed by atoms with Crippen molar-refractivity contribution in [1.82, 2.24) is 0 Å². The van der Waals surface area contributed by atoms with Crippen LogP contribution in [0.4, 0.5) is 10.1 Å². The first-order valence-corrected chi connectivity index (χ1v) is 6.27. The highest BCUT2D eigenvalue weighted by molar-refractivity contribution is 9.09. The Morgan fingerprint density at radius 2 is 2.28 bits per heavy atom. The molecular formula is C12H11BrFNO3. The third-order valence-electron chi connectivity index (χ3n) is 2.75. The minimum Gasteiger partial charge on any atom is -0.465 e. The zero-order valence-corrected chi connectivity index (χ0v) is 11.2. The van der Waals surface area contributed by atoms with Gasteiger partial charge in [-0.15, -0.1) is 0 Å². The van der Waals surface area contributed by atoms with E-state index in [4.69, 9.17) is 0 Å². The summed E-state index contributed by atoms with van der Waals surface area (Å²) in [6, 6.07) is 4.33. The van der Waals surface area contributed by atoms with Gasteiger partial charge in [0.1, 0.15) is 0 Å². The quantitative estimate of drug-likeness (QED) is 0.620. The first-order valence-electron chi connectivity index (χ1n) is 5.36. The lowest BCUT2D eigenvalue weighted by molar-refractivity contribution is -0.117. The molecule has 1 aromatic carbocycles. The molecule has 18 heavy (non-hydrogen) atoms. The van der Waals surface area contributed by atoms with Crippen LogP contribution in [0, 0.1) is 5.82 Å². The van der Waals surface area contributed by atoms with E-state index >= 15 is 0 Å². The molecule has 0 aromatic heterocycles. The van der Waals surface area contributed by atoms with Crippen LogP contribution in [-0.4, -0.2) is 30.4 Å². The van der Waals surface area contributed by atoms with Crippen LogP contribution >= 0.6 is 15.9 Å². The highest BCUT2D eigenvalue weighted by atomic mass is 79.9. The van der Waals surface area contributed by atoms with Crippen molar-refractivity contribution in [3.05, 3.63) is 29.6 Å². The van der Waals surface area contributed by atoms with Gasteiger partial charge in [-0.05, 0) is 12.1 Å². The molecule has 1 amide bonds. The second-order valence-corrected chi connectivity index (χ2v) is 5.23. The van der Waals surface area contributed by atoms with Gasteiger partial charge < -0.3 is 9.64 Å². The number of hydrogen-bond acceptors (Lipinski definition) is 3. The van der Waals surface area contributed by atoms with Gasteiger partial charge in [0.2, 0.25) is 5.91 Å². The second kappa shape index (κ2) is 5.06. The zero-order valence-electron chi connectivity index (χ0n) is 9.65. The predicted octanol–water partition coefficient (Wildman–Crippen LogP) is 2.11. The van der Waals surface area contributed by atoms with E-state index in [2.05, 4.69) is 20.7 Å². The SMILES string of the molecule is COC(=O)c1cccc(N2CC(Br)CC2=O)c1F. The summed E-state index contributed by atoms with van der Waals surface area (Å²) in [6.07, 6.45) is 0.321. The van der Waals surface area contributed by atoms with Crippen molar-refractivity contribution in [3.63, 3.8) is 0 Å². The molecule has 0 saturated carbocycles. The van der Waals surface area contributed by atoms with Crippen LogP contribution in [0.5, 0.6) is 0 Å². The third kappa shape index (κ3) is 2.25. The molecule has 0 aliphatic carbocycles. The van der Waals surface area contributed by atoms with Crippen LogP contribution < -0.4 is 4.90 Å². The molecule has 0 spiro atoms. The van der Waals surface area contributed by atoms with E-state index in [0.717, 1.165) is 0 Å². The Labute approximate surface area is 112 Å². The average molecular weight is 316 g/mol. The highest BCUT2D eigenvalue weighted by Crippen LogP contribution is 2.29. The third-order valence-corrected chi connectivity index (χ3v) is 3.37. The maximum absolute atomic E-state index is 14.2. The van der Waals surface area contributed by atoms with Gasteiger partial charge in [-0.2, -0.15) is 0 Å². The van der Waals surface area contributed by atoms with Crippen molar-refractivity contribution in [2.45, 2.75) is 11.2 Å². The van der Waals surface area contributed by atoms with Crippen molar-refractivity contribution in [2.24, 2.45) is 0 Å². The fourth-order valence-corrected chi connectivity index (χ4v) is 2.46. The summed E-state index contributed by atoms with van der Waals surface area (Å²) in [4.78, 5) is 24.4. The Kier molecular flexibility index (Phi) is 3.65. The van der Waals surface area contributed by atoms with Crippen LogP contribution in [-0.2, 0) is 9.53 Å². The molecule has 1 aliphatic rings. The Bertz CT molecular complexity index is 506. The van der Waals surface area contributed by atoms with E-state index < -0.39 is 11.8 Å². The molecule has 96 valence electrons. The fourth-order valence-electron chi connectivity index (χ4n) is 1.89. The number of carbonyl (C=O) groups excluding carboxylic acids is 2. The number of alkyl halides is 1. The number of esters is 1. The molecule has 0 bridgehead atoms. The van der Waals surface area contributed by atoms with E-state index in [0.29, 0.717) is 13.0 Å². The highest BCUT2D eigenvalue weighted by Gasteiger charge is 2.31. The maximum Gasteiger partial charge on any atom is 0.340 e. The van der Waals surface area contributed by atoms with Gasteiger partial charge in [-0.1, -0.05) is 22.0 Å². The van der Waals surface area contributed by atoms with Crippen molar-refractivity contribution in [2.75, 3.05) is 18.6 Å². The number of halogens is 2. The van der Waals surface area contributed by atoms with Gasteiger partial charge in [0.25, 0.3) is 0 Å². The van der Waals surface area contributed by atoms with Gasteiger partial charge in [-0.3, -0.25) is 4.79 Å². The van der Waals surface area contributed by atoms with Gasteiger partial charge in [0.15, 0.2) is 5.82 Å². The standard InChI is InChI=1S/C12H11BrFNO3/c1-18-12(17)8-3-2-4-9(11(8)14)15-6-7(13)5-10(15)16/h2-4,7H,5-6H2,1H3. The first-order chi connectivity index (χ1) is 8.54. The van der Waals surface area contributed by atoms with E-state index in [1.54, 1.807) is 0 Å². The zero-order chi connectivity index (χ0) is 13.3. The normalized spacial score (nSPS) is 19.2. The summed E-state index contributed by atoms with van der Waals surface area (Å²) >= 11 is 3.33. The summed E-state index contributed by atoms with van der Waals surface area (Å²) in [5, 5.41) is 0. The predicted molar refractivity (Wildman–Crippen MR) is 67.4 cm³/mol. The number of methoxy groups -OCH3 is 1. The van der Waals surface area contributed by atoms with Crippen molar-refractivity contribution in [1.29, 1.82) is 0 Å². The maximum atomic E-state index is 14.2. The first kappa shape index (κ1) is 13.0. The summed E-state index contributed by atoms with van der Waals surface area (Å²) in [5.41, 5.74) is -0.0503. The molecule has 4 nitrogen and oxygen atoms in total. The van der Waals surface area contributed by atoms with Crippen LogP contribution in [0.1, 0.15) is 16.8 Å². The van der Waals surface area contributed by atoms with E-state index in [-0.39, 0.29) is 22.0 Å². The lowest BCUT2D eigenvalue weighted by atomic mass is 10.1. The summed E-state index contributed by atoms with van der Waals surface area (Å²) in [6.45, 7) is 0.389. The molecule has 1 fully saturated rings. The number of rotatable bonds is 2. The number of amides is 1. The number of ether oxygens (including phenoxy) is 1. The van der Waals surface area contributed by atoms with E-state index in [9.17, 15) is 14.0 Å². The molecule has 2 rings (SSSR count). The van der Waals surface area contributed by atoms with Crippen molar-refractivity contribution in [3.8, 4) is 0 Å². The van der Waals surface area contributed by atoms with Gasteiger partial charge in [-0.25, -0.2) is 9.18 Å². The molecular weight excluding hydrogens is 305 g/mol. The molecule has 0 N–H and O–H groups in total. The lowest BCUT2D eigenvalue weighted by Crippen LogP contribution is -2.26. The summed E-state index contributed by atoms with van der Waals surface area (Å²) < 4.78 is 18.6. The Balaban J connectivity index is 2.40. The summed E-state index contributed by atoms with van der Waals surface area (Å²) in [7, 11) is 1.18. The molecule has 1 aliphatic heterocycles. The Hall–Kier alpha value is -1.43. The van der Waals surface area contributed by atoms with Crippen LogP contribution in [0.2, 0.25) is 0 Å². The number of anilines is 1. The largest absolute Gasteiger partial charge is 0.465 e. The molecule has 1 heterocycles. The lowest BCUT2D eigenvalue weighted by Gasteiger charge is -2.17. The molecule has 1 unspecified atom stereocenters. The van der Waals surface area contributed by atoms with Crippen LogP contribution in [0.25, 0.3) is 0 Å². The van der Waals surface area contributed by atoms with Gasteiger partial charge in [0, 0.05) is 17.8 Å².